The number of hydrazine groups is 1. The standard InChI is InChI=1S/C14H18F2N4/c1-3-10-8-13(20(4-2)19-10)14(18-17)11-7-9(15)5-6-12(11)16/h5-8,14,18H,3-4,17H2,1-2H3. The first-order valence-corrected chi connectivity index (χ1v) is 6.58. The normalized spacial score (nSPS) is 12.7. The Kier molecular flexibility index (Phi) is 4.46. The second-order valence-electron chi connectivity index (χ2n) is 4.50. The number of benzene rings is 1. The SMILES string of the molecule is CCc1cc(C(NN)c2cc(F)ccc2F)n(CC)n1. The fourth-order valence-electron chi connectivity index (χ4n) is 2.22. The number of hydrogen-bond acceptors (Lipinski definition) is 3. The minimum Gasteiger partial charge on any atom is -0.271 e. The Bertz CT molecular complexity index is 595. The van der Waals surface area contributed by atoms with Crippen LogP contribution in [-0.2, 0) is 13.0 Å². The lowest BCUT2D eigenvalue weighted by Gasteiger charge is -2.18. The maximum atomic E-state index is 13.9. The fraction of sp³-hybridized carbons (Fsp3) is 0.357. The van der Waals surface area contributed by atoms with Crippen LogP contribution in [0, 0.1) is 11.6 Å². The van der Waals surface area contributed by atoms with Gasteiger partial charge in [-0.25, -0.2) is 14.2 Å². The molecule has 0 radical (unpaired) electrons. The monoisotopic (exact) mass is 280 g/mol. The fourth-order valence-corrected chi connectivity index (χ4v) is 2.22. The topological polar surface area (TPSA) is 55.9 Å². The van der Waals surface area contributed by atoms with Crippen molar-refractivity contribution in [3.05, 3.63) is 52.9 Å². The highest BCUT2D eigenvalue weighted by atomic mass is 19.1. The smallest absolute Gasteiger partial charge is 0.128 e. The quantitative estimate of drug-likeness (QED) is 0.652. The first kappa shape index (κ1) is 14.6. The van der Waals surface area contributed by atoms with E-state index in [2.05, 4.69) is 10.5 Å². The average Bonchev–Trinajstić information content (AvgIpc) is 2.87. The Balaban J connectivity index is 2.51. The van der Waals surface area contributed by atoms with Gasteiger partial charge in [-0.1, -0.05) is 6.92 Å². The number of nitrogens with zero attached hydrogens (tertiary/aromatic N) is 2. The van der Waals surface area contributed by atoms with Gasteiger partial charge < -0.3 is 0 Å². The second-order valence-corrected chi connectivity index (χ2v) is 4.50. The molecule has 0 amide bonds. The molecule has 20 heavy (non-hydrogen) atoms. The van der Waals surface area contributed by atoms with Crippen LogP contribution in [0.2, 0.25) is 0 Å². The summed E-state index contributed by atoms with van der Waals surface area (Å²) in [7, 11) is 0. The Morgan fingerprint density at radius 2 is 2.05 bits per heavy atom. The van der Waals surface area contributed by atoms with E-state index in [1.165, 1.54) is 0 Å². The molecule has 1 aromatic heterocycles. The third kappa shape index (κ3) is 2.71. The van der Waals surface area contributed by atoms with E-state index in [0.29, 0.717) is 6.54 Å². The summed E-state index contributed by atoms with van der Waals surface area (Å²) in [5, 5.41) is 4.40. The van der Waals surface area contributed by atoms with Crippen molar-refractivity contribution in [1.82, 2.24) is 15.2 Å². The molecule has 0 spiro atoms. The lowest BCUT2D eigenvalue weighted by atomic mass is 10.0. The lowest BCUT2D eigenvalue weighted by molar-refractivity contribution is 0.508. The van der Waals surface area contributed by atoms with Crippen molar-refractivity contribution in [3.8, 4) is 0 Å². The Morgan fingerprint density at radius 3 is 2.65 bits per heavy atom. The molecule has 0 aliphatic heterocycles. The molecule has 1 unspecified atom stereocenters. The molecule has 0 saturated heterocycles. The molecule has 0 fully saturated rings. The number of hydrogen-bond donors (Lipinski definition) is 2. The van der Waals surface area contributed by atoms with Crippen molar-refractivity contribution in [1.29, 1.82) is 0 Å². The van der Waals surface area contributed by atoms with Gasteiger partial charge in [-0.2, -0.15) is 5.10 Å². The first-order valence-electron chi connectivity index (χ1n) is 6.58. The number of nitrogens with two attached hydrogens (primary N) is 1. The zero-order valence-electron chi connectivity index (χ0n) is 11.5. The molecule has 1 atom stereocenters. The third-order valence-electron chi connectivity index (χ3n) is 3.25. The van der Waals surface area contributed by atoms with Crippen LogP contribution in [0.15, 0.2) is 24.3 Å². The van der Waals surface area contributed by atoms with Gasteiger partial charge in [-0.15, -0.1) is 0 Å². The summed E-state index contributed by atoms with van der Waals surface area (Å²) >= 11 is 0. The van der Waals surface area contributed by atoms with Crippen LogP contribution in [0.5, 0.6) is 0 Å². The molecule has 1 aromatic carbocycles. The lowest BCUT2D eigenvalue weighted by Crippen LogP contribution is -2.31. The van der Waals surface area contributed by atoms with Crippen molar-refractivity contribution >= 4 is 0 Å². The summed E-state index contributed by atoms with van der Waals surface area (Å²) in [6.07, 6.45) is 0.767. The van der Waals surface area contributed by atoms with E-state index < -0.39 is 17.7 Å². The minimum atomic E-state index is -0.640. The van der Waals surface area contributed by atoms with Crippen molar-refractivity contribution in [2.45, 2.75) is 32.9 Å². The van der Waals surface area contributed by atoms with Crippen LogP contribution in [-0.4, -0.2) is 9.78 Å². The predicted molar refractivity (Wildman–Crippen MR) is 72.8 cm³/mol. The summed E-state index contributed by atoms with van der Waals surface area (Å²) in [6.45, 7) is 4.55. The number of aryl methyl sites for hydroxylation is 2. The molecule has 2 aromatic rings. The maximum Gasteiger partial charge on any atom is 0.128 e. The second kappa shape index (κ2) is 6.11. The van der Waals surface area contributed by atoms with Gasteiger partial charge in [0.1, 0.15) is 11.6 Å². The number of halogens is 2. The highest BCUT2D eigenvalue weighted by molar-refractivity contribution is 5.30. The van der Waals surface area contributed by atoms with Crippen LogP contribution in [0.25, 0.3) is 0 Å². The van der Waals surface area contributed by atoms with Crippen LogP contribution < -0.4 is 11.3 Å². The van der Waals surface area contributed by atoms with Crippen molar-refractivity contribution in [2.75, 3.05) is 0 Å². The van der Waals surface area contributed by atoms with Crippen LogP contribution in [0.4, 0.5) is 8.78 Å². The molecular weight excluding hydrogens is 262 g/mol. The maximum absolute atomic E-state index is 13.9. The first-order chi connectivity index (χ1) is 9.60. The molecule has 3 N–H and O–H groups in total. The number of aromatic nitrogens is 2. The van der Waals surface area contributed by atoms with E-state index in [0.717, 1.165) is 36.0 Å². The van der Waals surface area contributed by atoms with Crippen LogP contribution in [0.1, 0.15) is 36.8 Å². The number of nitrogens with one attached hydrogen (secondary N) is 1. The van der Waals surface area contributed by atoms with Crippen molar-refractivity contribution in [3.63, 3.8) is 0 Å². The molecule has 0 aliphatic rings. The van der Waals surface area contributed by atoms with Crippen molar-refractivity contribution < 1.29 is 8.78 Å². The van der Waals surface area contributed by atoms with Gasteiger partial charge in [-0.3, -0.25) is 10.5 Å². The minimum absolute atomic E-state index is 0.171. The summed E-state index contributed by atoms with van der Waals surface area (Å²) in [6, 6.07) is 4.55. The third-order valence-corrected chi connectivity index (χ3v) is 3.25. The summed E-state index contributed by atoms with van der Waals surface area (Å²) < 4.78 is 29.0. The Morgan fingerprint density at radius 1 is 1.30 bits per heavy atom. The average molecular weight is 280 g/mol. The Hall–Kier alpha value is -1.79. The van der Waals surface area contributed by atoms with Crippen LogP contribution in [0.3, 0.4) is 0 Å². The van der Waals surface area contributed by atoms with E-state index in [-0.39, 0.29) is 5.56 Å². The molecule has 0 aliphatic carbocycles. The molecule has 1 heterocycles. The molecular formula is C14H18F2N4. The summed E-state index contributed by atoms with van der Waals surface area (Å²) in [4.78, 5) is 0. The van der Waals surface area contributed by atoms with Gasteiger partial charge in [-0.05, 0) is 37.6 Å². The highest BCUT2D eigenvalue weighted by Crippen LogP contribution is 2.25. The van der Waals surface area contributed by atoms with E-state index >= 15 is 0 Å². The Labute approximate surface area is 116 Å². The highest BCUT2D eigenvalue weighted by Gasteiger charge is 2.22. The zero-order valence-corrected chi connectivity index (χ0v) is 11.5. The van der Waals surface area contributed by atoms with E-state index in [1.54, 1.807) is 4.68 Å². The van der Waals surface area contributed by atoms with E-state index in [4.69, 9.17) is 5.84 Å². The predicted octanol–water partition coefficient (Wildman–Crippen LogP) is 2.30. The van der Waals surface area contributed by atoms with Gasteiger partial charge in [0, 0.05) is 12.1 Å². The van der Waals surface area contributed by atoms with Gasteiger partial charge in [0.05, 0.1) is 17.4 Å². The molecule has 108 valence electrons. The number of rotatable bonds is 5. The molecule has 2 rings (SSSR count). The van der Waals surface area contributed by atoms with Gasteiger partial charge in [0.2, 0.25) is 0 Å². The van der Waals surface area contributed by atoms with Crippen molar-refractivity contribution in [2.24, 2.45) is 5.84 Å². The molecule has 0 saturated carbocycles. The molecule has 0 bridgehead atoms. The van der Waals surface area contributed by atoms with E-state index in [1.807, 2.05) is 19.9 Å². The van der Waals surface area contributed by atoms with Crippen LogP contribution >= 0.6 is 0 Å². The largest absolute Gasteiger partial charge is 0.271 e. The summed E-state index contributed by atoms with van der Waals surface area (Å²) in [5.41, 5.74) is 4.33. The molecule has 6 heteroatoms. The van der Waals surface area contributed by atoms with E-state index in [9.17, 15) is 8.78 Å². The van der Waals surface area contributed by atoms with Gasteiger partial charge in [0.25, 0.3) is 0 Å². The molecule has 4 nitrogen and oxygen atoms in total. The van der Waals surface area contributed by atoms with Gasteiger partial charge in [0.15, 0.2) is 0 Å². The zero-order chi connectivity index (χ0) is 14.7. The summed E-state index contributed by atoms with van der Waals surface area (Å²) in [5.74, 6) is 4.55. The van der Waals surface area contributed by atoms with Gasteiger partial charge >= 0.3 is 0 Å².